The van der Waals surface area contributed by atoms with Crippen molar-refractivity contribution < 1.29 is 9.53 Å². The first-order valence-corrected chi connectivity index (χ1v) is 8.10. The van der Waals surface area contributed by atoms with Crippen LogP contribution in [0.3, 0.4) is 0 Å². The van der Waals surface area contributed by atoms with Crippen LogP contribution in [0.5, 0.6) is 0 Å². The number of nitrogens with zero attached hydrogens (tertiary/aromatic N) is 4. The van der Waals surface area contributed by atoms with Crippen molar-refractivity contribution in [2.75, 3.05) is 45.9 Å². The molecule has 1 unspecified atom stereocenters. The standard InChI is InChI=1S/C16H24N4O2/c1-13-17-5-4-15(18-13)14-3-2-6-20(11-14)16(21)12-19-7-9-22-10-8-19/h4-5,14H,2-3,6-12H2,1H3. The number of piperidine rings is 1. The van der Waals surface area contributed by atoms with Crippen LogP contribution in [0.25, 0.3) is 0 Å². The maximum Gasteiger partial charge on any atom is 0.236 e. The topological polar surface area (TPSA) is 58.6 Å². The molecule has 3 rings (SSSR count). The van der Waals surface area contributed by atoms with Gasteiger partial charge in [-0.1, -0.05) is 0 Å². The van der Waals surface area contributed by atoms with Gasteiger partial charge in [-0.15, -0.1) is 0 Å². The Bertz CT molecular complexity index is 517. The van der Waals surface area contributed by atoms with E-state index in [4.69, 9.17) is 4.74 Å². The van der Waals surface area contributed by atoms with Gasteiger partial charge in [0.05, 0.1) is 19.8 Å². The Kier molecular flexibility index (Phi) is 5.00. The highest BCUT2D eigenvalue weighted by molar-refractivity contribution is 5.78. The average Bonchev–Trinajstić information content (AvgIpc) is 2.56. The number of amides is 1. The summed E-state index contributed by atoms with van der Waals surface area (Å²) < 4.78 is 5.33. The van der Waals surface area contributed by atoms with Crippen LogP contribution in [0, 0.1) is 6.92 Å². The minimum atomic E-state index is 0.234. The van der Waals surface area contributed by atoms with Gasteiger partial charge in [0.15, 0.2) is 0 Å². The smallest absolute Gasteiger partial charge is 0.236 e. The van der Waals surface area contributed by atoms with Gasteiger partial charge in [-0.2, -0.15) is 0 Å². The fraction of sp³-hybridized carbons (Fsp3) is 0.688. The van der Waals surface area contributed by atoms with Crippen LogP contribution in [0.1, 0.15) is 30.3 Å². The number of carbonyl (C=O) groups excluding carboxylic acids is 1. The molecule has 1 aromatic rings. The van der Waals surface area contributed by atoms with Crippen LogP contribution in [-0.4, -0.2) is 71.6 Å². The number of carbonyl (C=O) groups is 1. The summed E-state index contributed by atoms with van der Waals surface area (Å²) in [6.45, 7) is 7.24. The summed E-state index contributed by atoms with van der Waals surface area (Å²) in [5, 5.41) is 0. The van der Waals surface area contributed by atoms with E-state index in [2.05, 4.69) is 14.9 Å². The minimum Gasteiger partial charge on any atom is -0.379 e. The van der Waals surface area contributed by atoms with Crippen LogP contribution < -0.4 is 0 Å². The third-order valence-electron chi connectivity index (χ3n) is 4.45. The lowest BCUT2D eigenvalue weighted by molar-refractivity contribution is -0.134. The molecular weight excluding hydrogens is 280 g/mol. The second-order valence-electron chi connectivity index (χ2n) is 6.10. The van der Waals surface area contributed by atoms with Gasteiger partial charge in [0, 0.05) is 44.0 Å². The van der Waals surface area contributed by atoms with Crippen molar-refractivity contribution >= 4 is 5.91 Å². The lowest BCUT2D eigenvalue weighted by Gasteiger charge is -2.34. The van der Waals surface area contributed by atoms with Crippen molar-refractivity contribution in [1.29, 1.82) is 0 Å². The van der Waals surface area contributed by atoms with Gasteiger partial charge in [-0.05, 0) is 25.8 Å². The zero-order valence-electron chi connectivity index (χ0n) is 13.2. The lowest BCUT2D eigenvalue weighted by atomic mass is 9.94. The molecule has 2 aliphatic rings. The van der Waals surface area contributed by atoms with E-state index < -0.39 is 0 Å². The van der Waals surface area contributed by atoms with Gasteiger partial charge in [-0.25, -0.2) is 9.97 Å². The number of morpholine rings is 1. The highest BCUT2D eigenvalue weighted by atomic mass is 16.5. The number of hydrogen-bond donors (Lipinski definition) is 0. The molecule has 2 saturated heterocycles. The third-order valence-corrected chi connectivity index (χ3v) is 4.45. The molecule has 2 aliphatic heterocycles. The van der Waals surface area contributed by atoms with Crippen molar-refractivity contribution in [3.8, 4) is 0 Å². The van der Waals surface area contributed by atoms with Crippen molar-refractivity contribution in [2.24, 2.45) is 0 Å². The summed E-state index contributed by atoms with van der Waals surface area (Å²) in [5.74, 6) is 1.37. The summed E-state index contributed by atoms with van der Waals surface area (Å²) in [5.41, 5.74) is 1.07. The Morgan fingerprint density at radius 1 is 1.36 bits per heavy atom. The maximum absolute atomic E-state index is 12.5. The van der Waals surface area contributed by atoms with E-state index in [-0.39, 0.29) is 5.91 Å². The van der Waals surface area contributed by atoms with Gasteiger partial charge in [0.2, 0.25) is 5.91 Å². The molecule has 6 nitrogen and oxygen atoms in total. The number of aryl methyl sites for hydroxylation is 1. The second-order valence-corrected chi connectivity index (χ2v) is 6.10. The van der Waals surface area contributed by atoms with Gasteiger partial charge in [0.1, 0.15) is 5.82 Å². The van der Waals surface area contributed by atoms with Crippen LogP contribution in [0.15, 0.2) is 12.3 Å². The van der Waals surface area contributed by atoms with Crippen LogP contribution in [-0.2, 0) is 9.53 Å². The van der Waals surface area contributed by atoms with Gasteiger partial charge < -0.3 is 9.64 Å². The maximum atomic E-state index is 12.5. The second kappa shape index (κ2) is 7.15. The molecule has 0 aromatic carbocycles. The Morgan fingerprint density at radius 2 is 2.18 bits per heavy atom. The van der Waals surface area contributed by atoms with Crippen LogP contribution in [0.4, 0.5) is 0 Å². The zero-order valence-corrected chi connectivity index (χ0v) is 13.2. The summed E-state index contributed by atoms with van der Waals surface area (Å²) in [6, 6.07) is 1.98. The number of likely N-dealkylation sites (tertiary alicyclic amines) is 1. The summed E-state index contributed by atoms with van der Waals surface area (Å²) in [4.78, 5) is 25.4. The van der Waals surface area contributed by atoms with E-state index >= 15 is 0 Å². The molecule has 22 heavy (non-hydrogen) atoms. The number of rotatable bonds is 3. The highest BCUT2D eigenvalue weighted by Crippen LogP contribution is 2.25. The Labute approximate surface area is 131 Å². The third kappa shape index (κ3) is 3.81. The molecule has 120 valence electrons. The quantitative estimate of drug-likeness (QED) is 0.827. The van der Waals surface area contributed by atoms with E-state index in [0.29, 0.717) is 12.5 Å². The first kappa shape index (κ1) is 15.4. The van der Waals surface area contributed by atoms with Crippen molar-refractivity contribution in [3.63, 3.8) is 0 Å². The van der Waals surface area contributed by atoms with E-state index in [0.717, 1.165) is 63.8 Å². The molecule has 0 spiro atoms. The fourth-order valence-corrected chi connectivity index (χ4v) is 3.20. The summed E-state index contributed by atoms with van der Waals surface area (Å²) in [7, 11) is 0. The molecule has 1 atom stereocenters. The predicted molar refractivity (Wildman–Crippen MR) is 82.6 cm³/mol. The number of aromatic nitrogens is 2. The molecule has 3 heterocycles. The Hall–Kier alpha value is -1.53. The molecule has 1 aromatic heterocycles. The molecule has 1 amide bonds. The highest BCUT2D eigenvalue weighted by Gasteiger charge is 2.27. The Balaban J connectivity index is 1.58. The number of hydrogen-bond acceptors (Lipinski definition) is 5. The van der Waals surface area contributed by atoms with Crippen LogP contribution >= 0.6 is 0 Å². The lowest BCUT2D eigenvalue weighted by Crippen LogP contribution is -2.47. The van der Waals surface area contributed by atoms with E-state index in [1.54, 1.807) is 0 Å². The zero-order chi connectivity index (χ0) is 15.4. The molecule has 0 N–H and O–H groups in total. The first-order chi connectivity index (χ1) is 10.7. The molecule has 2 fully saturated rings. The van der Waals surface area contributed by atoms with Crippen molar-refractivity contribution in [1.82, 2.24) is 19.8 Å². The first-order valence-electron chi connectivity index (χ1n) is 8.10. The van der Waals surface area contributed by atoms with E-state index in [1.165, 1.54) is 0 Å². The molecule has 6 heteroatoms. The SMILES string of the molecule is Cc1nccc(C2CCCN(C(=O)CN3CCOCC3)C2)n1. The van der Waals surface area contributed by atoms with E-state index in [9.17, 15) is 4.79 Å². The largest absolute Gasteiger partial charge is 0.379 e. The van der Waals surface area contributed by atoms with E-state index in [1.807, 2.05) is 24.1 Å². The molecule has 0 saturated carbocycles. The minimum absolute atomic E-state index is 0.234. The van der Waals surface area contributed by atoms with Gasteiger partial charge >= 0.3 is 0 Å². The molecular formula is C16H24N4O2. The Morgan fingerprint density at radius 3 is 2.95 bits per heavy atom. The monoisotopic (exact) mass is 304 g/mol. The molecule has 0 aliphatic carbocycles. The van der Waals surface area contributed by atoms with Crippen molar-refractivity contribution in [3.05, 3.63) is 23.8 Å². The predicted octanol–water partition coefficient (Wildman–Crippen LogP) is 0.823. The summed E-state index contributed by atoms with van der Waals surface area (Å²) >= 11 is 0. The van der Waals surface area contributed by atoms with Gasteiger partial charge in [-0.3, -0.25) is 9.69 Å². The average molecular weight is 304 g/mol. The van der Waals surface area contributed by atoms with Gasteiger partial charge in [0.25, 0.3) is 0 Å². The van der Waals surface area contributed by atoms with Crippen molar-refractivity contribution in [2.45, 2.75) is 25.7 Å². The summed E-state index contributed by atoms with van der Waals surface area (Å²) in [6.07, 6.45) is 3.95. The molecule has 0 bridgehead atoms. The molecule has 0 radical (unpaired) electrons. The fourth-order valence-electron chi connectivity index (χ4n) is 3.20. The normalized spacial score (nSPS) is 23.5. The van der Waals surface area contributed by atoms with Crippen LogP contribution in [0.2, 0.25) is 0 Å². The number of ether oxygens (including phenoxy) is 1.